The Kier molecular flexibility index (Phi) is 5.10. The fourth-order valence-corrected chi connectivity index (χ4v) is 1.35. The molecule has 0 saturated heterocycles. The molecule has 1 heterocycles. The van der Waals surface area contributed by atoms with Gasteiger partial charge in [-0.1, -0.05) is 20.3 Å². The van der Waals surface area contributed by atoms with E-state index in [0.29, 0.717) is 6.01 Å². The zero-order valence-corrected chi connectivity index (χ0v) is 9.73. The number of aryl methyl sites for hydroxylation is 1. The van der Waals surface area contributed by atoms with Gasteiger partial charge in [0.2, 0.25) is 0 Å². The summed E-state index contributed by atoms with van der Waals surface area (Å²) in [5.41, 5.74) is 0. The van der Waals surface area contributed by atoms with Gasteiger partial charge in [-0.2, -0.15) is 4.98 Å². The zero-order chi connectivity index (χ0) is 11.1. The van der Waals surface area contributed by atoms with Crippen LogP contribution in [0.2, 0.25) is 0 Å². The minimum atomic E-state index is 0.164. The van der Waals surface area contributed by atoms with E-state index >= 15 is 0 Å². The van der Waals surface area contributed by atoms with Crippen molar-refractivity contribution in [2.24, 2.45) is 7.05 Å². The van der Waals surface area contributed by atoms with E-state index < -0.39 is 0 Å². The van der Waals surface area contributed by atoms with Gasteiger partial charge in [0.05, 0.1) is 0 Å². The van der Waals surface area contributed by atoms with Crippen LogP contribution in [-0.2, 0) is 7.05 Å². The number of nitrogens with one attached hydrogen (secondary N) is 1. The third kappa shape index (κ3) is 4.29. The van der Waals surface area contributed by atoms with E-state index in [4.69, 9.17) is 4.74 Å². The van der Waals surface area contributed by atoms with Gasteiger partial charge in [0.25, 0.3) is 0 Å². The van der Waals surface area contributed by atoms with Gasteiger partial charge in [-0.3, -0.25) is 4.68 Å². The molecular weight excluding hydrogens is 192 g/mol. The molecule has 1 N–H and O–H groups in total. The predicted octanol–water partition coefficient (Wildman–Crippen LogP) is 0.972. The Labute approximate surface area is 90.8 Å². The Balaban J connectivity index is 2.42. The molecule has 1 aromatic heterocycles. The lowest BCUT2D eigenvalue weighted by molar-refractivity contribution is 0.171. The van der Waals surface area contributed by atoms with Crippen molar-refractivity contribution in [3.05, 3.63) is 6.33 Å². The van der Waals surface area contributed by atoms with Crippen molar-refractivity contribution in [2.75, 3.05) is 13.1 Å². The topological polar surface area (TPSA) is 52.0 Å². The molecule has 0 radical (unpaired) electrons. The molecule has 1 rings (SSSR count). The van der Waals surface area contributed by atoms with Crippen LogP contribution in [0.25, 0.3) is 0 Å². The maximum Gasteiger partial charge on any atom is 0.335 e. The largest absolute Gasteiger partial charge is 0.458 e. The lowest BCUT2D eigenvalue weighted by Crippen LogP contribution is -2.31. The van der Waals surface area contributed by atoms with Crippen LogP contribution in [0, 0.1) is 0 Å². The molecule has 1 atom stereocenters. The van der Waals surface area contributed by atoms with Gasteiger partial charge in [0, 0.05) is 13.6 Å². The molecule has 0 saturated carbocycles. The molecule has 0 spiro atoms. The van der Waals surface area contributed by atoms with Crippen molar-refractivity contribution in [1.82, 2.24) is 20.1 Å². The Bertz CT molecular complexity index is 274. The molecule has 0 amide bonds. The van der Waals surface area contributed by atoms with Crippen LogP contribution in [0.1, 0.15) is 26.7 Å². The first-order valence-electron chi connectivity index (χ1n) is 5.49. The lowest BCUT2D eigenvalue weighted by atomic mass is 10.2. The summed E-state index contributed by atoms with van der Waals surface area (Å²) in [5.74, 6) is 0. The van der Waals surface area contributed by atoms with Crippen molar-refractivity contribution < 1.29 is 4.74 Å². The van der Waals surface area contributed by atoms with Crippen LogP contribution in [0.15, 0.2) is 6.33 Å². The number of rotatable bonds is 7. The summed E-state index contributed by atoms with van der Waals surface area (Å²) in [6, 6.07) is 0.467. The van der Waals surface area contributed by atoms with E-state index in [9.17, 15) is 0 Å². The molecule has 0 aromatic carbocycles. The number of hydrogen-bond acceptors (Lipinski definition) is 4. The quantitative estimate of drug-likeness (QED) is 0.732. The fraction of sp³-hybridized carbons (Fsp3) is 0.800. The summed E-state index contributed by atoms with van der Waals surface area (Å²) in [6.07, 6.45) is 3.93. The van der Waals surface area contributed by atoms with Gasteiger partial charge in [0.15, 0.2) is 0 Å². The first-order valence-corrected chi connectivity index (χ1v) is 5.49. The Hall–Kier alpha value is -1.10. The molecule has 86 valence electrons. The highest BCUT2D eigenvalue weighted by Crippen LogP contribution is 2.06. The van der Waals surface area contributed by atoms with Crippen molar-refractivity contribution in [2.45, 2.75) is 32.8 Å². The average molecular weight is 212 g/mol. The minimum Gasteiger partial charge on any atom is -0.458 e. The molecule has 15 heavy (non-hydrogen) atoms. The second-order valence-corrected chi connectivity index (χ2v) is 3.54. The minimum absolute atomic E-state index is 0.164. The van der Waals surface area contributed by atoms with Gasteiger partial charge in [-0.25, -0.2) is 0 Å². The van der Waals surface area contributed by atoms with Crippen molar-refractivity contribution >= 4 is 0 Å². The maximum atomic E-state index is 5.67. The summed E-state index contributed by atoms with van der Waals surface area (Å²) in [4.78, 5) is 4.05. The third-order valence-electron chi connectivity index (χ3n) is 2.08. The number of ether oxygens (including phenoxy) is 1. The normalized spacial score (nSPS) is 12.7. The van der Waals surface area contributed by atoms with Crippen LogP contribution in [0.3, 0.4) is 0 Å². The molecular formula is C10H20N4O. The van der Waals surface area contributed by atoms with Crippen LogP contribution in [-0.4, -0.2) is 34.0 Å². The first kappa shape index (κ1) is 12.0. The standard InChI is InChI=1S/C10H20N4O/c1-4-6-9(7-11-5-2)15-10-12-8-14(3)13-10/h8-9,11H,4-7H2,1-3H3. The van der Waals surface area contributed by atoms with Gasteiger partial charge in [0.1, 0.15) is 12.4 Å². The van der Waals surface area contributed by atoms with Crippen molar-refractivity contribution in [3.8, 4) is 6.01 Å². The predicted molar refractivity (Wildman–Crippen MR) is 58.9 cm³/mol. The molecule has 1 unspecified atom stereocenters. The Morgan fingerprint density at radius 2 is 2.33 bits per heavy atom. The molecule has 0 aliphatic rings. The smallest absolute Gasteiger partial charge is 0.335 e. The monoisotopic (exact) mass is 212 g/mol. The van der Waals surface area contributed by atoms with E-state index in [0.717, 1.165) is 25.9 Å². The van der Waals surface area contributed by atoms with Gasteiger partial charge in [-0.15, -0.1) is 5.10 Å². The molecule has 5 heteroatoms. The van der Waals surface area contributed by atoms with Gasteiger partial charge < -0.3 is 10.1 Å². The first-order chi connectivity index (χ1) is 7.26. The average Bonchev–Trinajstić information content (AvgIpc) is 2.61. The van der Waals surface area contributed by atoms with E-state index in [1.165, 1.54) is 0 Å². The molecule has 5 nitrogen and oxygen atoms in total. The number of aromatic nitrogens is 3. The molecule has 1 aromatic rings. The highest BCUT2D eigenvalue weighted by molar-refractivity contribution is 4.89. The highest BCUT2D eigenvalue weighted by Gasteiger charge is 2.11. The summed E-state index contributed by atoms with van der Waals surface area (Å²) < 4.78 is 7.32. The summed E-state index contributed by atoms with van der Waals surface area (Å²) in [5, 5.41) is 7.37. The Morgan fingerprint density at radius 3 is 2.87 bits per heavy atom. The summed E-state index contributed by atoms with van der Waals surface area (Å²) >= 11 is 0. The van der Waals surface area contributed by atoms with E-state index in [1.54, 1.807) is 11.0 Å². The number of likely N-dealkylation sites (N-methyl/N-ethyl adjacent to an activating group) is 1. The third-order valence-corrected chi connectivity index (χ3v) is 2.08. The molecule has 0 aliphatic carbocycles. The highest BCUT2D eigenvalue weighted by atomic mass is 16.5. The van der Waals surface area contributed by atoms with E-state index in [1.807, 2.05) is 7.05 Å². The molecule has 0 fully saturated rings. The fourth-order valence-electron chi connectivity index (χ4n) is 1.35. The van der Waals surface area contributed by atoms with Crippen LogP contribution in [0.5, 0.6) is 6.01 Å². The maximum absolute atomic E-state index is 5.67. The number of hydrogen-bond donors (Lipinski definition) is 1. The SMILES string of the molecule is CCCC(CNCC)Oc1ncn(C)n1. The van der Waals surface area contributed by atoms with Crippen LogP contribution in [0.4, 0.5) is 0 Å². The van der Waals surface area contributed by atoms with Crippen LogP contribution < -0.4 is 10.1 Å². The van der Waals surface area contributed by atoms with Gasteiger partial charge >= 0.3 is 6.01 Å². The molecule has 0 aliphatic heterocycles. The summed E-state index contributed by atoms with van der Waals surface area (Å²) in [6.45, 7) is 6.04. The summed E-state index contributed by atoms with van der Waals surface area (Å²) in [7, 11) is 1.83. The van der Waals surface area contributed by atoms with Crippen molar-refractivity contribution in [1.29, 1.82) is 0 Å². The second-order valence-electron chi connectivity index (χ2n) is 3.54. The van der Waals surface area contributed by atoms with E-state index in [-0.39, 0.29) is 6.10 Å². The Morgan fingerprint density at radius 1 is 1.53 bits per heavy atom. The van der Waals surface area contributed by atoms with Crippen molar-refractivity contribution in [3.63, 3.8) is 0 Å². The van der Waals surface area contributed by atoms with Gasteiger partial charge in [-0.05, 0) is 13.0 Å². The zero-order valence-electron chi connectivity index (χ0n) is 9.73. The van der Waals surface area contributed by atoms with Crippen LogP contribution >= 0.6 is 0 Å². The second kappa shape index (κ2) is 6.40. The number of nitrogens with zero attached hydrogens (tertiary/aromatic N) is 3. The molecule has 0 bridgehead atoms. The van der Waals surface area contributed by atoms with E-state index in [2.05, 4.69) is 29.2 Å². The lowest BCUT2D eigenvalue weighted by Gasteiger charge is -2.16.